The molecule has 0 saturated carbocycles. The number of benzene rings is 1. The quantitative estimate of drug-likeness (QED) is 0.828. The van der Waals surface area contributed by atoms with Crippen LogP contribution in [0.3, 0.4) is 0 Å². The molecule has 1 heterocycles. The molecule has 2 aromatic rings. The second-order valence-corrected chi connectivity index (χ2v) is 4.28. The van der Waals surface area contributed by atoms with Crippen LogP contribution in [0.4, 0.5) is 5.69 Å². The fraction of sp³-hybridized carbons (Fsp3) is 0.333. The number of fused-ring (bicyclic) bond motifs is 1. The van der Waals surface area contributed by atoms with E-state index in [1.54, 1.807) is 6.20 Å². The SMILES string of the molecule is CCC(Cl)CNc1cnnc2ccccc12. The average molecular weight is 236 g/mol. The van der Waals surface area contributed by atoms with Crippen molar-refractivity contribution >= 4 is 28.2 Å². The molecule has 0 spiro atoms. The Balaban J connectivity index is 2.23. The number of alkyl halides is 1. The summed E-state index contributed by atoms with van der Waals surface area (Å²) in [7, 11) is 0. The Hall–Kier alpha value is -1.35. The summed E-state index contributed by atoms with van der Waals surface area (Å²) in [6.07, 6.45) is 2.69. The molecule has 0 aliphatic rings. The summed E-state index contributed by atoms with van der Waals surface area (Å²) in [5, 5.41) is 12.6. The third kappa shape index (κ3) is 2.42. The fourth-order valence-electron chi connectivity index (χ4n) is 1.51. The number of halogens is 1. The van der Waals surface area contributed by atoms with Gasteiger partial charge in [0.15, 0.2) is 0 Å². The van der Waals surface area contributed by atoms with E-state index in [1.165, 1.54) is 0 Å². The Morgan fingerprint density at radius 3 is 3.00 bits per heavy atom. The number of hydrogen-bond acceptors (Lipinski definition) is 3. The van der Waals surface area contributed by atoms with Gasteiger partial charge >= 0.3 is 0 Å². The zero-order valence-electron chi connectivity index (χ0n) is 9.15. The number of anilines is 1. The van der Waals surface area contributed by atoms with E-state index in [1.807, 2.05) is 24.3 Å². The first kappa shape index (κ1) is 11.1. The molecule has 3 nitrogen and oxygen atoms in total. The molecule has 0 aliphatic heterocycles. The predicted octanol–water partition coefficient (Wildman–Crippen LogP) is 3.06. The van der Waals surface area contributed by atoms with E-state index in [-0.39, 0.29) is 5.38 Å². The maximum Gasteiger partial charge on any atom is 0.0950 e. The summed E-state index contributed by atoms with van der Waals surface area (Å²) in [5.74, 6) is 0. The van der Waals surface area contributed by atoms with Gasteiger partial charge in [-0.2, -0.15) is 10.2 Å². The predicted molar refractivity (Wildman–Crippen MR) is 68.0 cm³/mol. The maximum absolute atomic E-state index is 6.07. The number of hydrogen-bond donors (Lipinski definition) is 1. The second kappa shape index (κ2) is 5.12. The van der Waals surface area contributed by atoms with Crippen LogP contribution in [-0.4, -0.2) is 22.1 Å². The normalized spacial score (nSPS) is 12.6. The molecule has 1 atom stereocenters. The Labute approximate surface area is 99.8 Å². The van der Waals surface area contributed by atoms with Gasteiger partial charge < -0.3 is 5.32 Å². The van der Waals surface area contributed by atoms with E-state index in [9.17, 15) is 0 Å². The van der Waals surface area contributed by atoms with Gasteiger partial charge in [0.1, 0.15) is 0 Å². The summed E-state index contributed by atoms with van der Waals surface area (Å²) in [5.41, 5.74) is 1.89. The van der Waals surface area contributed by atoms with Gasteiger partial charge in [0, 0.05) is 11.9 Å². The van der Waals surface area contributed by atoms with Crippen LogP contribution in [-0.2, 0) is 0 Å². The van der Waals surface area contributed by atoms with Crippen molar-refractivity contribution in [1.82, 2.24) is 10.2 Å². The van der Waals surface area contributed by atoms with Crippen LogP contribution in [0, 0.1) is 0 Å². The lowest BCUT2D eigenvalue weighted by Gasteiger charge is -2.11. The molecule has 1 N–H and O–H groups in total. The molecule has 0 aliphatic carbocycles. The van der Waals surface area contributed by atoms with E-state index in [4.69, 9.17) is 11.6 Å². The zero-order chi connectivity index (χ0) is 11.4. The summed E-state index contributed by atoms with van der Waals surface area (Å²) in [4.78, 5) is 0. The molecule has 4 heteroatoms. The smallest absolute Gasteiger partial charge is 0.0950 e. The van der Waals surface area contributed by atoms with Gasteiger partial charge in [-0.15, -0.1) is 11.6 Å². The van der Waals surface area contributed by atoms with E-state index < -0.39 is 0 Å². The molecule has 1 unspecified atom stereocenters. The second-order valence-electron chi connectivity index (χ2n) is 3.66. The first-order valence-corrected chi connectivity index (χ1v) is 5.83. The fourth-order valence-corrected chi connectivity index (χ4v) is 1.59. The molecular weight excluding hydrogens is 222 g/mol. The van der Waals surface area contributed by atoms with E-state index in [2.05, 4.69) is 22.4 Å². The van der Waals surface area contributed by atoms with Gasteiger partial charge in [-0.25, -0.2) is 0 Å². The van der Waals surface area contributed by atoms with Crippen LogP contribution in [0.15, 0.2) is 30.5 Å². The number of aromatic nitrogens is 2. The lowest BCUT2D eigenvalue weighted by molar-refractivity contribution is 0.843. The average Bonchev–Trinajstić information content (AvgIpc) is 2.35. The van der Waals surface area contributed by atoms with E-state index >= 15 is 0 Å². The Morgan fingerprint density at radius 2 is 2.19 bits per heavy atom. The minimum Gasteiger partial charge on any atom is -0.382 e. The molecule has 0 saturated heterocycles. The largest absolute Gasteiger partial charge is 0.382 e. The highest BCUT2D eigenvalue weighted by molar-refractivity contribution is 6.20. The van der Waals surface area contributed by atoms with Gasteiger partial charge in [-0.05, 0) is 12.5 Å². The van der Waals surface area contributed by atoms with E-state index in [0.717, 1.165) is 29.6 Å². The number of nitrogens with one attached hydrogen (secondary N) is 1. The molecule has 0 bridgehead atoms. The molecule has 0 amide bonds. The molecule has 0 fully saturated rings. The molecule has 0 radical (unpaired) electrons. The van der Waals surface area contributed by atoms with Crippen LogP contribution in [0.1, 0.15) is 13.3 Å². The standard InChI is InChI=1S/C12H14ClN3/c1-2-9(13)7-14-12-8-15-16-11-6-4-3-5-10(11)12/h3-6,8-9H,2,7H2,1H3,(H,14,16). The molecule has 1 aromatic carbocycles. The van der Waals surface area contributed by atoms with Crippen LogP contribution < -0.4 is 5.32 Å². The third-order valence-corrected chi connectivity index (χ3v) is 2.97. The molecule has 2 rings (SSSR count). The number of nitrogens with zero attached hydrogens (tertiary/aromatic N) is 2. The summed E-state index contributed by atoms with van der Waals surface area (Å²) < 4.78 is 0. The summed E-state index contributed by atoms with van der Waals surface area (Å²) in [6.45, 7) is 2.82. The lowest BCUT2D eigenvalue weighted by atomic mass is 10.2. The van der Waals surface area contributed by atoms with Crippen molar-refractivity contribution in [3.05, 3.63) is 30.5 Å². The van der Waals surface area contributed by atoms with Gasteiger partial charge in [0.05, 0.1) is 22.8 Å². The van der Waals surface area contributed by atoms with Crippen LogP contribution in [0.5, 0.6) is 0 Å². The van der Waals surface area contributed by atoms with Gasteiger partial charge in [-0.1, -0.05) is 25.1 Å². The highest BCUT2D eigenvalue weighted by atomic mass is 35.5. The van der Waals surface area contributed by atoms with Crippen molar-refractivity contribution in [2.45, 2.75) is 18.7 Å². The van der Waals surface area contributed by atoms with Crippen LogP contribution in [0.2, 0.25) is 0 Å². The lowest BCUT2D eigenvalue weighted by Crippen LogP contribution is -2.13. The monoisotopic (exact) mass is 235 g/mol. The van der Waals surface area contributed by atoms with Crippen molar-refractivity contribution < 1.29 is 0 Å². The summed E-state index contributed by atoms with van der Waals surface area (Å²) >= 11 is 6.07. The molecular formula is C12H14ClN3. The van der Waals surface area contributed by atoms with Crippen molar-refractivity contribution in [3.8, 4) is 0 Å². The summed E-state index contributed by atoms with van der Waals surface area (Å²) in [6, 6.07) is 7.93. The molecule has 1 aromatic heterocycles. The van der Waals surface area contributed by atoms with Gasteiger partial charge in [0.2, 0.25) is 0 Å². The number of rotatable bonds is 4. The maximum atomic E-state index is 6.07. The first-order chi connectivity index (χ1) is 7.81. The van der Waals surface area contributed by atoms with Crippen LogP contribution >= 0.6 is 11.6 Å². The molecule has 16 heavy (non-hydrogen) atoms. The van der Waals surface area contributed by atoms with Crippen LogP contribution in [0.25, 0.3) is 10.9 Å². The van der Waals surface area contributed by atoms with E-state index in [0.29, 0.717) is 0 Å². The Kier molecular flexibility index (Phi) is 3.57. The molecule has 84 valence electrons. The Morgan fingerprint density at radius 1 is 1.38 bits per heavy atom. The van der Waals surface area contributed by atoms with Crippen molar-refractivity contribution in [1.29, 1.82) is 0 Å². The highest BCUT2D eigenvalue weighted by Gasteiger charge is 2.04. The zero-order valence-corrected chi connectivity index (χ0v) is 9.91. The Bertz CT molecular complexity index is 467. The highest BCUT2D eigenvalue weighted by Crippen LogP contribution is 2.20. The van der Waals surface area contributed by atoms with Gasteiger partial charge in [0.25, 0.3) is 0 Å². The topological polar surface area (TPSA) is 37.8 Å². The minimum atomic E-state index is 0.145. The van der Waals surface area contributed by atoms with Crippen molar-refractivity contribution in [2.24, 2.45) is 0 Å². The van der Waals surface area contributed by atoms with Crippen molar-refractivity contribution in [3.63, 3.8) is 0 Å². The third-order valence-electron chi connectivity index (χ3n) is 2.50. The van der Waals surface area contributed by atoms with Crippen molar-refractivity contribution in [2.75, 3.05) is 11.9 Å². The first-order valence-electron chi connectivity index (χ1n) is 5.39. The van der Waals surface area contributed by atoms with Gasteiger partial charge in [-0.3, -0.25) is 0 Å². The minimum absolute atomic E-state index is 0.145.